The number of Topliss-reactive ketones (excluding diaryl/α,β-unsaturated/α-hetero) is 1. The molecule has 3 heteroatoms. The first-order valence-corrected chi connectivity index (χ1v) is 5.19. The second-order valence-electron chi connectivity index (χ2n) is 3.84. The van der Waals surface area contributed by atoms with Gasteiger partial charge in [-0.05, 0) is 24.6 Å². The SMILES string of the molecule is CC(=O)C[C@H](O)c1ccnc2ccccc12. The highest BCUT2D eigenvalue weighted by molar-refractivity contribution is 5.83. The summed E-state index contributed by atoms with van der Waals surface area (Å²) in [4.78, 5) is 15.2. The maximum atomic E-state index is 11.0. The van der Waals surface area contributed by atoms with Gasteiger partial charge in [-0.25, -0.2) is 0 Å². The van der Waals surface area contributed by atoms with Gasteiger partial charge in [0.25, 0.3) is 0 Å². The number of rotatable bonds is 3. The zero-order valence-corrected chi connectivity index (χ0v) is 9.05. The van der Waals surface area contributed by atoms with Crippen molar-refractivity contribution in [2.24, 2.45) is 0 Å². The van der Waals surface area contributed by atoms with Crippen LogP contribution in [0, 0.1) is 0 Å². The van der Waals surface area contributed by atoms with Gasteiger partial charge >= 0.3 is 0 Å². The molecule has 82 valence electrons. The summed E-state index contributed by atoms with van der Waals surface area (Å²) in [7, 11) is 0. The first-order chi connectivity index (χ1) is 7.68. The summed E-state index contributed by atoms with van der Waals surface area (Å²) in [6.07, 6.45) is 1.06. The lowest BCUT2D eigenvalue weighted by molar-refractivity contribution is -0.118. The smallest absolute Gasteiger partial charge is 0.132 e. The van der Waals surface area contributed by atoms with Crippen LogP contribution in [0.5, 0.6) is 0 Å². The number of pyridine rings is 1. The van der Waals surface area contributed by atoms with Crippen molar-refractivity contribution in [3.8, 4) is 0 Å². The third-order valence-corrected chi connectivity index (χ3v) is 2.52. The molecular weight excluding hydrogens is 202 g/mol. The van der Waals surface area contributed by atoms with E-state index in [-0.39, 0.29) is 12.2 Å². The van der Waals surface area contributed by atoms with Gasteiger partial charge < -0.3 is 5.11 Å². The van der Waals surface area contributed by atoms with Crippen LogP contribution in [0.1, 0.15) is 25.0 Å². The Labute approximate surface area is 93.7 Å². The van der Waals surface area contributed by atoms with Crippen molar-refractivity contribution in [1.29, 1.82) is 0 Å². The fraction of sp³-hybridized carbons (Fsp3) is 0.231. The summed E-state index contributed by atoms with van der Waals surface area (Å²) in [6, 6.07) is 9.35. The van der Waals surface area contributed by atoms with Crippen LogP contribution in [0.15, 0.2) is 36.5 Å². The monoisotopic (exact) mass is 215 g/mol. The van der Waals surface area contributed by atoms with Crippen molar-refractivity contribution in [3.63, 3.8) is 0 Å². The lowest BCUT2D eigenvalue weighted by atomic mass is 10.0. The first-order valence-electron chi connectivity index (χ1n) is 5.19. The molecule has 0 saturated heterocycles. The molecule has 1 N–H and O–H groups in total. The highest BCUT2D eigenvalue weighted by atomic mass is 16.3. The summed E-state index contributed by atoms with van der Waals surface area (Å²) in [5.74, 6) is -0.0200. The maximum Gasteiger partial charge on any atom is 0.132 e. The van der Waals surface area contributed by atoms with Crippen LogP contribution in [0.4, 0.5) is 0 Å². The Hall–Kier alpha value is -1.74. The van der Waals surface area contributed by atoms with Crippen LogP contribution in [-0.4, -0.2) is 15.9 Å². The van der Waals surface area contributed by atoms with E-state index in [9.17, 15) is 9.90 Å². The Morgan fingerprint density at radius 3 is 2.88 bits per heavy atom. The number of hydrogen-bond donors (Lipinski definition) is 1. The van der Waals surface area contributed by atoms with Crippen LogP contribution in [0.25, 0.3) is 10.9 Å². The molecular formula is C13H13NO2. The van der Waals surface area contributed by atoms with Crippen LogP contribution in [0.2, 0.25) is 0 Å². The van der Waals surface area contributed by atoms with Crippen molar-refractivity contribution in [2.75, 3.05) is 0 Å². The molecule has 0 bridgehead atoms. The molecule has 0 aliphatic heterocycles. The highest BCUT2D eigenvalue weighted by Crippen LogP contribution is 2.24. The van der Waals surface area contributed by atoms with E-state index in [1.54, 1.807) is 12.3 Å². The number of aliphatic hydroxyl groups excluding tert-OH is 1. The molecule has 0 aliphatic rings. The molecule has 0 aliphatic carbocycles. The number of aromatic nitrogens is 1. The maximum absolute atomic E-state index is 11.0. The topological polar surface area (TPSA) is 50.2 Å². The minimum Gasteiger partial charge on any atom is -0.388 e. The van der Waals surface area contributed by atoms with E-state index < -0.39 is 6.10 Å². The van der Waals surface area contributed by atoms with Crippen LogP contribution < -0.4 is 0 Å². The Kier molecular flexibility index (Phi) is 2.97. The van der Waals surface area contributed by atoms with Gasteiger partial charge in [0.15, 0.2) is 0 Å². The Morgan fingerprint density at radius 2 is 2.12 bits per heavy atom. The number of para-hydroxylation sites is 1. The van der Waals surface area contributed by atoms with E-state index in [0.29, 0.717) is 0 Å². The van der Waals surface area contributed by atoms with E-state index in [0.717, 1.165) is 16.5 Å². The second kappa shape index (κ2) is 4.41. The Balaban J connectivity index is 2.47. The fourth-order valence-corrected chi connectivity index (χ4v) is 1.79. The normalized spacial score (nSPS) is 12.6. The molecule has 1 heterocycles. The average molecular weight is 215 g/mol. The summed E-state index contributed by atoms with van der Waals surface area (Å²) in [5.41, 5.74) is 1.60. The van der Waals surface area contributed by atoms with E-state index >= 15 is 0 Å². The van der Waals surface area contributed by atoms with E-state index in [1.807, 2.05) is 24.3 Å². The quantitative estimate of drug-likeness (QED) is 0.854. The molecule has 0 unspecified atom stereocenters. The minimum absolute atomic E-state index is 0.0200. The fourth-order valence-electron chi connectivity index (χ4n) is 1.79. The van der Waals surface area contributed by atoms with Crippen LogP contribution in [-0.2, 0) is 4.79 Å². The summed E-state index contributed by atoms with van der Waals surface area (Å²) in [6.45, 7) is 1.48. The number of fused-ring (bicyclic) bond motifs is 1. The lowest BCUT2D eigenvalue weighted by Crippen LogP contribution is -2.04. The number of nitrogens with zero attached hydrogens (tertiary/aromatic N) is 1. The molecule has 2 aromatic rings. The van der Waals surface area contributed by atoms with Gasteiger partial charge in [0.05, 0.1) is 11.6 Å². The predicted molar refractivity (Wildman–Crippen MR) is 62.0 cm³/mol. The van der Waals surface area contributed by atoms with Crippen molar-refractivity contribution in [1.82, 2.24) is 4.98 Å². The van der Waals surface area contributed by atoms with Gasteiger partial charge in [0.1, 0.15) is 5.78 Å². The number of aliphatic hydroxyl groups is 1. The molecule has 0 spiro atoms. The average Bonchev–Trinajstić information content (AvgIpc) is 2.27. The third-order valence-electron chi connectivity index (χ3n) is 2.52. The Morgan fingerprint density at radius 1 is 1.38 bits per heavy atom. The van der Waals surface area contributed by atoms with Crippen LogP contribution in [0.3, 0.4) is 0 Å². The van der Waals surface area contributed by atoms with Crippen molar-refractivity contribution in [3.05, 3.63) is 42.1 Å². The first kappa shape index (κ1) is 10.8. The molecule has 0 saturated carbocycles. The third kappa shape index (κ3) is 2.09. The number of carbonyl (C=O) groups excluding carboxylic acids is 1. The molecule has 0 amide bonds. The molecule has 16 heavy (non-hydrogen) atoms. The largest absolute Gasteiger partial charge is 0.388 e. The molecule has 1 aromatic carbocycles. The zero-order chi connectivity index (χ0) is 11.5. The summed E-state index contributed by atoms with van der Waals surface area (Å²) < 4.78 is 0. The Bertz CT molecular complexity index is 517. The van der Waals surface area contributed by atoms with Gasteiger partial charge in [-0.3, -0.25) is 9.78 Å². The summed E-state index contributed by atoms with van der Waals surface area (Å²) in [5, 5.41) is 10.8. The standard InChI is InChI=1S/C13H13NO2/c1-9(15)8-13(16)11-6-7-14-12-5-3-2-4-10(11)12/h2-7,13,16H,8H2,1H3/t13-/m0/s1. The molecule has 0 radical (unpaired) electrons. The summed E-state index contributed by atoms with van der Waals surface area (Å²) >= 11 is 0. The van der Waals surface area contributed by atoms with Gasteiger partial charge in [0.2, 0.25) is 0 Å². The zero-order valence-electron chi connectivity index (χ0n) is 9.05. The van der Waals surface area contributed by atoms with E-state index in [2.05, 4.69) is 4.98 Å². The number of hydrogen-bond acceptors (Lipinski definition) is 3. The van der Waals surface area contributed by atoms with Gasteiger partial charge in [-0.15, -0.1) is 0 Å². The van der Waals surface area contributed by atoms with Gasteiger partial charge in [-0.2, -0.15) is 0 Å². The predicted octanol–water partition coefficient (Wildman–Crippen LogP) is 2.25. The molecule has 3 nitrogen and oxygen atoms in total. The number of benzene rings is 1. The number of carbonyl (C=O) groups is 1. The van der Waals surface area contributed by atoms with Gasteiger partial charge in [-0.1, -0.05) is 18.2 Å². The van der Waals surface area contributed by atoms with Crippen molar-refractivity contribution >= 4 is 16.7 Å². The van der Waals surface area contributed by atoms with Crippen molar-refractivity contribution in [2.45, 2.75) is 19.4 Å². The van der Waals surface area contributed by atoms with Crippen LogP contribution >= 0.6 is 0 Å². The number of ketones is 1. The second-order valence-corrected chi connectivity index (χ2v) is 3.84. The van der Waals surface area contributed by atoms with Gasteiger partial charge in [0, 0.05) is 18.0 Å². The molecule has 2 rings (SSSR count). The van der Waals surface area contributed by atoms with E-state index in [4.69, 9.17) is 0 Å². The molecule has 1 aromatic heterocycles. The van der Waals surface area contributed by atoms with Crippen molar-refractivity contribution < 1.29 is 9.90 Å². The lowest BCUT2D eigenvalue weighted by Gasteiger charge is -2.11. The molecule has 1 atom stereocenters. The molecule has 0 fully saturated rings. The highest BCUT2D eigenvalue weighted by Gasteiger charge is 2.13. The van der Waals surface area contributed by atoms with E-state index in [1.165, 1.54) is 6.92 Å². The minimum atomic E-state index is -0.745.